The minimum atomic E-state index is -0.501. The number of methoxy groups -OCH3 is 1. The monoisotopic (exact) mass is 549 g/mol. The molecular formula is C30H39N5O3S. The van der Waals surface area contributed by atoms with Gasteiger partial charge < -0.3 is 20.1 Å². The first-order valence-electron chi connectivity index (χ1n) is 13.6. The number of amides is 1. The van der Waals surface area contributed by atoms with Crippen LogP contribution in [-0.2, 0) is 4.79 Å². The summed E-state index contributed by atoms with van der Waals surface area (Å²) in [5.41, 5.74) is 5.09. The number of anilines is 2. The summed E-state index contributed by atoms with van der Waals surface area (Å²) in [7, 11) is 1.63. The smallest absolute Gasteiger partial charge is 0.255 e. The number of nitrogens with one attached hydrogen (secondary N) is 2. The number of thioether (sulfide) groups is 1. The first-order chi connectivity index (χ1) is 18.9. The zero-order valence-corrected chi connectivity index (χ0v) is 24.6. The molecule has 9 heteroatoms. The van der Waals surface area contributed by atoms with Gasteiger partial charge in [0.15, 0.2) is 11.5 Å². The number of carbonyl (C=O) groups is 1. The standard InChI is InChI=1S/C30H39N5O3S/c1-7-9-10-15-38-24-14-12-22(18-25(24)37-6)27-26(28(36)32-23-13-11-19(3)17-20(23)4)21(5)31-29-33-30(34-35(27)29)39-16-8-2/h11-14,17-18,27H,7-10,15-16H2,1-6H3,(H,32,36)(H,31,33,34). The zero-order valence-electron chi connectivity index (χ0n) is 23.8. The lowest BCUT2D eigenvalue weighted by Crippen LogP contribution is -2.31. The van der Waals surface area contributed by atoms with E-state index in [1.807, 2.05) is 51.1 Å². The molecule has 39 heavy (non-hydrogen) atoms. The third-order valence-electron chi connectivity index (χ3n) is 6.65. The number of hydrogen-bond donors (Lipinski definition) is 2. The second-order valence-corrected chi connectivity index (χ2v) is 10.9. The molecule has 3 aromatic rings. The van der Waals surface area contributed by atoms with E-state index < -0.39 is 6.04 Å². The topological polar surface area (TPSA) is 90.3 Å². The van der Waals surface area contributed by atoms with Crippen LogP contribution in [0.3, 0.4) is 0 Å². The van der Waals surface area contributed by atoms with Crippen LogP contribution in [0.25, 0.3) is 0 Å². The number of carbonyl (C=O) groups excluding carboxylic acids is 1. The molecule has 0 bridgehead atoms. The van der Waals surface area contributed by atoms with E-state index in [9.17, 15) is 4.79 Å². The summed E-state index contributed by atoms with van der Waals surface area (Å²) >= 11 is 1.60. The van der Waals surface area contributed by atoms with E-state index in [1.54, 1.807) is 23.6 Å². The molecular weight excluding hydrogens is 510 g/mol. The van der Waals surface area contributed by atoms with Gasteiger partial charge in [-0.15, -0.1) is 5.10 Å². The Labute approximate surface area is 235 Å². The third kappa shape index (κ3) is 6.58. The average molecular weight is 550 g/mol. The Kier molecular flexibility index (Phi) is 9.56. The van der Waals surface area contributed by atoms with E-state index in [0.717, 1.165) is 59.5 Å². The van der Waals surface area contributed by atoms with Gasteiger partial charge in [-0.2, -0.15) is 4.98 Å². The normalized spacial score (nSPS) is 14.6. The molecule has 1 aromatic heterocycles. The predicted molar refractivity (Wildman–Crippen MR) is 158 cm³/mol. The number of nitrogens with zero attached hydrogens (tertiary/aromatic N) is 3. The number of hydrogen-bond acceptors (Lipinski definition) is 7. The van der Waals surface area contributed by atoms with Crippen LogP contribution in [0.5, 0.6) is 11.5 Å². The molecule has 0 saturated heterocycles. The molecule has 4 rings (SSSR count). The van der Waals surface area contributed by atoms with Crippen molar-refractivity contribution in [2.24, 2.45) is 0 Å². The highest BCUT2D eigenvalue weighted by molar-refractivity contribution is 7.99. The van der Waals surface area contributed by atoms with Crippen LogP contribution in [0.15, 0.2) is 52.8 Å². The Morgan fingerprint density at radius 2 is 1.90 bits per heavy atom. The molecule has 1 aliphatic heterocycles. The maximum Gasteiger partial charge on any atom is 0.255 e. The maximum atomic E-state index is 13.9. The van der Waals surface area contributed by atoms with Crippen molar-refractivity contribution in [2.45, 2.75) is 71.5 Å². The predicted octanol–water partition coefficient (Wildman–Crippen LogP) is 6.90. The van der Waals surface area contributed by atoms with Gasteiger partial charge in [-0.1, -0.05) is 62.2 Å². The number of aromatic nitrogens is 3. The molecule has 0 radical (unpaired) electrons. The van der Waals surface area contributed by atoms with Crippen LogP contribution in [0, 0.1) is 13.8 Å². The molecule has 2 aromatic carbocycles. The Bertz CT molecular complexity index is 1350. The number of ether oxygens (including phenoxy) is 2. The van der Waals surface area contributed by atoms with Gasteiger partial charge in [-0.25, -0.2) is 4.68 Å². The highest BCUT2D eigenvalue weighted by atomic mass is 32.2. The molecule has 2 N–H and O–H groups in total. The zero-order chi connectivity index (χ0) is 27.9. The maximum absolute atomic E-state index is 13.9. The second kappa shape index (κ2) is 13.1. The van der Waals surface area contributed by atoms with E-state index in [-0.39, 0.29) is 5.91 Å². The number of benzene rings is 2. The number of allylic oxidation sites excluding steroid dienone is 1. The van der Waals surface area contributed by atoms with E-state index in [0.29, 0.717) is 34.8 Å². The van der Waals surface area contributed by atoms with Crippen molar-refractivity contribution in [3.05, 3.63) is 64.4 Å². The summed E-state index contributed by atoms with van der Waals surface area (Å²) in [5.74, 6) is 2.64. The van der Waals surface area contributed by atoms with E-state index >= 15 is 0 Å². The molecule has 1 unspecified atom stereocenters. The molecule has 2 heterocycles. The fraction of sp³-hybridized carbons (Fsp3) is 0.433. The van der Waals surface area contributed by atoms with Crippen molar-refractivity contribution in [1.29, 1.82) is 0 Å². The largest absolute Gasteiger partial charge is 0.493 e. The van der Waals surface area contributed by atoms with Crippen molar-refractivity contribution in [1.82, 2.24) is 14.8 Å². The number of aryl methyl sites for hydroxylation is 2. The second-order valence-electron chi connectivity index (χ2n) is 9.82. The quantitative estimate of drug-likeness (QED) is 0.188. The lowest BCUT2D eigenvalue weighted by molar-refractivity contribution is -0.113. The average Bonchev–Trinajstić information content (AvgIpc) is 3.33. The number of unbranched alkanes of at least 4 members (excludes halogenated alkanes) is 2. The van der Waals surface area contributed by atoms with Gasteiger partial charge in [-0.3, -0.25) is 4.79 Å². The fourth-order valence-electron chi connectivity index (χ4n) is 4.64. The molecule has 0 aliphatic carbocycles. The molecule has 8 nitrogen and oxygen atoms in total. The van der Waals surface area contributed by atoms with Crippen LogP contribution in [0.4, 0.5) is 11.6 Å². The minimum absolute atomic E-state index is 0.195. The third-order valence-corrected chi connectivity index (χ3v) is 7.70. The first-order valence-corrected chi connectivity index (χ1v) is 14.6. The molecule has 1 atom stereocenters. The van der Waals surface area contributed by atoms with Crippen LogP contribution in [-0.4, -0.2) is 40.1 Å². The Morgan fingerprint density at radius 3 is 2.62 bits per heavy atom. The van der Waals surface area contributed by atoms with Crippen LogP contribution in [0.2, 0.25) is 0 Å². The van der Waals surface area contributed by atoms with Gasteiger partial charge >= 0.3 is 0 Å². The highest BCUT2D eigenvalue weighted by Gasteiger charge is 2.35. The van der Waals surface area contributed by atoms with Crippen LogP contribution < -0.4 is 20.1 Å². The molecule has 1 amide bonds. The minimum Gasteiger partial charge on any atom is -0.493 e. The van der Waals surface area contributed by atoms with Crippen molar-refractivity contribution < 1.29 is 14.3 Å². The summed E-state index contributed by atoms with van der Waals surface area (Å²) in [4.78, 5) is 18.6. The molecule has 0 saturated carbocycles. The Hall–Kier alpha value is -3.46. The number of fused-ring (bicyclic) bond motifs is 1. The highest BCUT2D eigenvalue weighted by Crippen LogP contribution is 2.40. The molecule has 0 spiro atoms. The molecule has 208 valence electrons. The van der Waals surface area contributed by atoms with E-state index in [4.69, 9.17) is 19.6 Å². The van der Waals surface area contributed by atoms with Crippen molar-refractivity contribution in [3.8, 4) is 11.5 Å². The van der Waals surface area contributed by atoms with Gasteiger partial charge in [0.05, 0.1) is 19.3 Å². The van der Waals surface area contributed by atoms with E-state index in [1.165, 1.54) is 0 Å². The molecule has 0 fully saturated rings. The van der Waals surface area contributed by atoms with Crippen molar-refractivity contribution in [2.75, 3.05) is 30.1 Å². The van der Waals surface area contributed by atoms with Gasteiger partial charge in [0.1, 0.15) is 6.04 Å². The van der Waals surface area contributed by atoms with E-state index in [2.05, 4.69) is 30.5 Å². The lowest BCUT2D eigenvalue weighted by Gasteiger charge is -2.29. The Morgan fingerprint density at radius 1 is 1.08 bits per heavy atom. The number of rotatable bonds is 12. The van der Waals surface area contributed by atoms with Crippen molar-refractivity contribution in [3.63, 3.8) is 0 Å². The van der Waals surface area contributed by atoms with Crippen molar-refractivity contribution >= 4 is 29.3 Å². The summed E-state index contributed by atoms with van der Waals surface area (Å²) in [5, 5.41) is 11.9. The SMILES string of the molecule is CCCCCOc1ccc(C2C(C(=O)Nc3ccc(C)cc3C)=C(C)Nc3nc(SCCC)nn32)cc1OC. The fourth-order valence-corrected chi connectivity index (χ4v) is 5.32. The van der Waals surface area contributed by atoms with Gasteiger partial charge in [0, 0.05) is 17.1 Å². The van der Waals surface area contributed by atoms with Crippen LogP contribution >= 0.6 is 11.8 Å². The van der Waals surface area contributed by atoms with Gasteiger partial charge in [0.25, 0.3) is 5.91 Å². The first kappa shape index (κ1) is 28.5. The lowest BCUT2D eigenvalue weighted by atomic mass is 9.94. The Balaban J connectivity index is 1.73. The summed E-state index contributed by atoms with van der Waals surface area (Å²) in [6.45, 7) is 10.9. The summed E-state index contributed by atoms with van der Waals surface area (Å²) < 4.78 is 13.5. The summed E-state index contributed by atoms with van der Waals surface area (Å²) in [6, 6.07) is 11.3. The van der Waals surface area contributed by atoms with Gasteiger partial charge in [0.2, 0.25) is 11.1 Å². The van der Waals surface area contributed by atoms with Crippen LogP contribution in [0.1, 0.15) is 69.2 Å². The van der Waals surface area contributed by atoms with Gasteiger partial charge in [-0.05, 0) is 62.9 Å². The summed E-state index contributed by atoms with van der Waals surface area (Å²) in [6.07, 6.45) is 4.25. The molecule has 1 aliphatic rings.